The van der Waals surface area contributed by atoms with E-state index < -0.39 is 0 Å². The fourth-order valence-electron chi connectivity index (χ4n) is 3.06. The van der Waals surface area contributed by atoms with E-state index in [1.54, 1.807) is 4.90 Å². The highest BCUT2D eigenvalue weighted by atomic mass is 16.2. The lowest BCUT2D eigenvalue weighted by atomic mass is 10.2. The molecule has 1 saturated carbocycles. The van der Waals surface area contributed by atoms with E-state index in [0.717, 1.165) is 44.7 Å². The Morgan fingerprint density at radius 3 is 2.29 bits per heavy atom. The molecule has 1 aromatic rings. The molecular formula is C18H26N4O2. The fourth-order valence-corrected chi connectivity index (χ4v) is 3.06. The second-order valence-electron chi connectivity index (χ2n) is 6.76. The molecule has 2 amide bonds. The van der Waals surface area contributed by atoms with Gasteiger partial charge >= 0.3 is 0 Å². The van der Waals surface area contributed by atoms with E-state index >= 15 is 0 Å². The van der Waals surface area contributed by atoms with Crippen LogP contribution in [0.3, 0.4) is 0 Å². The van der Waals surface area contributed by atoms with Crippen molar-refractivity contribution < 1.29 is 9.59 Å². The average molecular weight is 330 g/mol. The topological polar surface area (TPSA) is 55.9 Å². The van der Waals surface area contributed by atoms with Crippen LogP contribution >= 0.6 is 0 Å². The van der Waals surface area contributed by atoms with Gasteiger partial charge in [0.05, 0.1) is 0 Å². The number of hydrogen-bond acceptors (Lipinski definition) is 4. The van der Waals surface area contributed by atoms with Crippen molar-refractivity contribution in [3.05, 3.63) is 24.3 Å². The Bertz CT molecular complexity index is 590. The maximum absolute atomic E-state index is 12.2. The Balaban J connectivity index is 1.53. The molecule has 0 bridgehead atoms. The zero-order valence-electron chi connectivity index (χ0n) is 14.5. The van der Waals surface area contributed by atoms with Crippen molar-refractivity contribution in [2.45, 2.75) is 25.8 Å². The highest BCUT2D eigenvalue weighted by molar-refractivity contribution is 5.94. The van der Waals surface area contributed by atoms with E-state index in [1.807, 2.05) is 24.3 Å². The normalized spacial score (nSPS) is 18.3. The number of carbonyl (C=O) groups excluding carboxylic acids is 2. The van der Waals surface area contributed by atoms with E-state index in [0.29, 0.717) is 0 Å². The zero-order valence-corrected chi connectivity index (χ0v) is 14.5. The summed E-state index contributed by atoms with van der Waals surface area (Å²) in [6, 6.07) is 8.21. The first-order chi connectivity index (χ1) is 11.5. The number of benzene rings is 1. The number of nitrogens with one attached hydrogen (secondary N) is 1. The van der Waals surface area contributed by atoms with Gasteiger partial charge in [0.25, 0.3) is 0 Å². The van der Waals surface area contributed by atoms with Crippen LogP contribution in [0, 0.1) is 0 Å². The molecule has 1 aliphatic heterocycles. The molecule has 0 radical (unpaired) electrons. The van der Waals surface area contributed by atoms with Gasteiger partial charge in [-0.15, -0.1) is 0 Å². The molecule has 0 spiro atoms. The molecule has 2 fully saturated rings. The molecule has 6 nitrogen and oxygen atoms in total. The van der Waals surface area contributed by atoms with E-state index in [4.69, 9.17) is 0 Å². The van der Waals surface area contributed by atoms with Gasteiger partial charge in [0.1, 0.15) is 6.54 Å². The number of rotatable bonds is 5. The third-order valence-corrected chi connectivity index (χ3v) is 4.73. The van der Waals surface area contributed by atoms with E-state index in [2.05, 4.69) is 22.2 Å². The smallest absolute Gasteiger partial charge is 0.244 e. The first-order valence-corrected chi connectivity index (χ1v) is 8.63. The molecule has 1 aromatic carbocycles. The van der Waals surface area contributed by atoms with Crippen molar-refractivity contribution in [3.63, 3.8) is 0 Å². The average Bonchev–Trinajstić information content (AvgIpc) is 3.39. The van der Waals surface area contributed by atoms with Crippen LogP contribution < -0.4 is 10.2 Å². The molecule has 1 aliphatic carbocycles. The lowest BCUT2D eigenvalue weighted by molar-refractivity contribution is -0.133. The molecule has 0 atom stereocenters. The number of amides is 2. The molecule has 0 unspecified atom stereocenters. The maximum Gasteiger partial charge on any atom is 0.244 e. The minimum atomic E-state index is -0.135. The third-order valence-electron chi connectivity index (χ3n) is 4.73. The number of hydrogen-bond donors (Lipinski definition) is 1. The fraction of sp³-hybridized carbons (Fsp3) is 0.556. The van der Waals surface area contributed by atoms with Gasteiger partial charge in [0, 0.05) is 50.5 Å². The molecular weight excluding hydrogens is 304 g/mol. The maximum atomic E-state index is 12.2. The Morgan fingerprint density at radius 1 is 1.12 bits per heavy atom. The molecule has 1 heterocycles. The predicted molar refractivity (Wildman–Crippen MR) is 95.2 cm³/mol. The molecule has 1 saturated heterocycles. The Hall–Kier alpha value is -2.08. The van der Waals surface area contributed by atoms with Crippen molar-refractivity contribution in [1.82, 2.24) is 9.80 Å². The predicted octanol–water partition coefficient (Wildman–Crippen LogP) is 1.39. The molecule has 2 aliphatic rings. The van der Waals surface area contributed by atoms with Crippen LogP contribution in [0.2, 0.25) is 0 Å². The molecule has 130 valence electrons. The SMILES string of the molecule is CC(=O)N(CC(=O)Nc1ccc(N2CCN(C)CC2)cc1)C1CC1. The van der Waals surface area contributed by atoms with Crippen LogP contribution in [0.5, 0.6) is 0 Å². The molecule has 24 heavy (non-hydrogen) atoms. The van der Waals surface area contributed by atoms with Crippen LogP contribution in [0.15, 0.2) is 24.3 Å². The van der Waals surface area contributed by atoms with Crippen molar-refractivity contribution in [3.8, 4) is 0 Å². The number of likely N-dealkylation sites (N-methyl/N-ethyl adjacent to an activating group) is 1. The van der Waals surface area contributed by atoms with Gasteiger partial charge in [0.2, 0.25) is 11.8 Å². The van der Waals surface area contributed by atoms with Gasteiger partial charge in [0.15, 0.2) is 0 Å². The Labute approximate surface area is 143 Å². The van der Waals surface area contributed by atoms with Gasteiger partial charge in [-0.05, 0) is 44.2 Å². The zero-order chi connectivity index (χ0) is 17.1. The summed E-state index contributed by atoms with van der Waals surface area (Å²) in [4.78, 5) is 30.1. The van der Waals surface area contributed by atoms with Crippen molar-refractivity contribution >= 4 is 23.2 Å². The van der Waals surface area contributed by atoms with E-state index in [9.17, 15) is 9.59 Å². The minimum Gasteiger partial charge on any atom is -0.369 e. The second kappa shape index (κ2) is 7.21. The van der Waals surface area contributed by atoms with Crippen LogP contribution in [-0.4, -0.2) is 67.4 Å². The van der Waals surface area contributed by atoms with Gasteiger partial charge in [-0.25, -0.2) is 0 Å². The molecule has 1 N–H and O–H groups in total. The Kier molecular flexibility index (Phi) is 5.04. The number of nitrogens with zero attached hydrogens (tertiary/aromatic N) is 3. The van der Waals surface area contributed by atoms with Gasteiger partial charge in [-0.3, -0.25) is 9.59 Å². The van der Waals surface area contributed by atoms with Gasteiger partial charge < -0.3 is 20.0 Å². The highest BCUT2D eigenvalue weighted by Crippen LogP contribution is 2.26. The lowest BCUT2D eigenvalue weighted by Crippen LogP contribution is -2.44. The Morgan fingerprint density at radius 2 is 1.75 bits per heavy atom. The van der Waals surface area contributed by atoms with E-state index in [-0.39, 0.29) is 24.4 Å². The number of anilines is 2. The number of carbonyl (C=O) groups is 2. The highest BCUT2D eigenvalue weighted by Gasteiger charge is 2.32. The van der Waals surface area contributed by atoms with Crippen LogP contribution in [0.25, 0.3) is 0 Å². The second-order valence-corrected chi connectivity index (χ2v) is 6.76. The number of piperazine rings is 1. The van der Waals surface area contributed by atoms with Crippen LogP contribution in [-0.2, 0) is 9.59 Å². The summed E-state index contributed by atoms with van der Waals surface area (Å²) in [6.07, 6.45) is 2.01. The van der Waals surface area contributed by atoms with Crippen molar-refractivity contribution in [2.24, 2.45) is 0 Å². The minimum absolute atomic E-state index is 0.0296. The van der Waals surface area contributed by atoms with Crippen molar-refractivity contribution in [1.29, 1.82) is 0 Å². The van der Waals surface area contributed by atoms with Crippen LogP contribution in [0.1, 0.15) is 19.8 Å². The molecule has 3 rings (SSSR count). The summed E-state index contributed by atoms with van der Waals surface area (Å²) >= 11 is 0. The van der Waals surface area contributed by atoms with Gasteiger partial charge in [-0.2, -0.15) is 0 Å². The first-order valence-electron chi connectivity index (χ1n) is 8.63. The largest absolute Gasteiger partial charge is 0.369 e. The standard InChI is InChI=1S/C18H26N4O2/c1-14(23)22(17-7-8-17)13-18(24)19-15-3-5-16(6-4-15)21-11-9-20(2)10-12-21/h3-6,17H,7-13H2,1-2H3,(H,19,24). The lowest BCUT2D eigenvalue weighted by Gasteiger charge is -2.34. The van der Waals surface area contributed by atoms with E-state index in [1.165, 1.54) is 12.6 Å². The molecule has 6 heteroatoms. The van der Waals surface area contributed by atoms with Crippen molar-refractivity contribution in [2.75, 3.05) is 50.0 Å². The monoisotopic (exact) mass is 330 g/mol. The summed E-state index contributed by atoms with van der Waals surface area (Å²) in [5.74, 6) is -0.164. The summed E-state index contributed by atoms with van der Waals surface area (Å²) in [7, 11) is 2.14. The molecule has 0 aromatic heterocycles. The van der Waals surface area contributed by atoms with Crippen LogP contribution in [0.4, 0.5) is 11.4 Å². The summed E-state index contributed by atoms with van der Waals surface area (Å²) in [6.45, 7) is 5.85. The third kappa shape index (κ3) is 4.26. The first kappa shape index (κ1) is 16.8. The summed E-state index contributed by atoms with van der Waals surface area (Å²) in [5, 5.41) is 2.89. The quantitative estimate of drug-likeness (QED) is 0.886. The van der Waals surface area contributed by atoms with Gasteiger partial charge in [-0.1, -0.05) is 0 Å². The summed E-state index contributed by atoms with van der Waals surface area (Å²) < 4.78 is 0. The summed E-state index contributed by atoms with van der Waals surface area (Å²) in [5.41, 5.74) is 1.96.